The zero-order chi connectivity index (χ0) is 21.7. The Hall–Kier alpha value is -1.45. The molecule has 1 aliphatic carbocycles. The number of carbonyl (C=O) groups is 1. The number of thiocarbonyl (C=S) groups is 1. The lowest BCUT2D eigenvalue weighted by atomic mass is 9.64. The molecule has 0 N–H and O–H groups in total. The first-order chi connectivity index (χ1) is 14.2. The largest absolute Gasteiger partial charge is 0.469 e. The van der Waals surface area contributed by atoms with Gasteiger partial charge in [-0.15, -0.1) is 0 Å². The molecule has 1 saturated carbocycles. The maximum Gasteiger partial charge on any atom is 0.342 e. The first kappa shape index (κ1) is 21.8. The standard InChI is InChI=1S/C22H26O6S2/c1-13(2)20-11-14(3)22(18(23)24-4)17(25-19(29)30-5)16(20)26-21(27-20,28-22)12-15-9-7-6-8-10-15/h6-10,14,16-17H,1,11-12H2,2-5H3/t14-,16-,17+,20-,21?,22-/m1/s1. The fraction of sp³-hybridized carbons (Fsp3) is 0.545. The summed E-state index contributed by atoms with van der Waals surface area (Å²) in [5.74, 6) is -2.25. The number of hydrogen-bond donors (Lipinski definition) is 0. The van der Waals surface area contributed by atoms with E-state index in [9.17, 15) is 4.79 Å². The lowest BCUT2D eigenvalue weighted by Crippen LogP contribution is -2.73. The summed E-state index contributed by atoms with van der Waals surface area (Å²) < 4.78 is 31.1. The second-order valence-corrected chi connectivity index (χ2v) is 9.55. The van der Waals surface area contributed by atoms with E-state index in [0.717, 1.165) is 11.1 Å². The van der Waals surface area contributed by atoms with Crippen LogP contribution in [0.2, 0.25) is 0 Å². The third-order valence-corrected chi connectivity index (χ3v) is 7.37. The average molecular weight is 451 g/mol. The monoisotopic (exact) mass is 450 g/mol. The van der Waals surface area contributed by atoms with Crippen molar-refractivity contribution in [2.24, 2.45) is 5.92 Å². The van der Waals surface area contributed by atoms with Gasteiger partial charge in [-0.25, -0.2) is 4.79 Å². The molecule has 1 aromatic carbocycles. The Morgan fingerprint density at radius 3 is 2.63 bits per heavy atom. The Balaban J connectivity index is 1.85. The Morgan fingerprint density at radius 1 is 1.33 bits per heavy atom. The summed E-state index contributed by atoms with van der Waals surface area (Å²) in [5, 5.41) is 0. The van der Waals surface area contributed by atoms with Crippen molar-refractivity contribution in [2.75, 3.05) is 13.4 Å². The van der Waals surface area contributed by atoms with E-state index in [1.54, 1.807) is 0 Å². The highest BCUT2D eigenvalue weighted by molar-refractivity contribution is 8.22. The average Bonchev–Trinajstić information content (AvgIpc) is 2.94. The normalized spacial score (nSPS) is 38.9. The maximum absolute atomic E-state index is 13.2. The second kappa shape index (κ2) is 7.60. The molecule has 3 bridgehead atoms. The van der Waals surface area contributed by atoms with Crippen LogP contribution in [0.15, 0.2) is 42.5 Å². The predicted molar refractivity (Wildman–Crippen MR) is 117 cm³/mol. The lowest BCUT2D eigenvalue weighted by Gasteiger charge is -2.53. The molecule has 0 spiro atoms. The van der Waals surface area contributed by atoms with Crippen LogP contribution in [-0.4, -0.2) is 53.1 Å². The molecule has 0 aromatic heterocycles. The third-order valence-electron chi connectivity index (χ3n) is 6.35. The molecule has 3 aliphatic rings. The summed E-state index contributed by atoms with van der Waals surface area (Å²) in [4.78, 5) is 13.2. The smallest absolute Gasteiger partial charge is 0.342 e. The fourth-order valence-corrected chi connectivity index (χ4v) is 5.27. The van der Waals surface area contributed by atoms with E-state index in [2.05, 4.69) is 6.58 Å². The van der Waals surface area contributed by atoms with Gasteiger partial charge in [0.25, 0.3) is 5.97 Å². The minimum atomic E-state index is -1.45. The zero-order valence-corrected chi connectivity index (χ0v) is 19.1. The van der Waals surface area contributed by atoms with Gasteiger partial charge >= 0.3 is 5.97 Å². The molecule has 6 nitrogen and oxygen atoms in total. The first-order valence-electron chi connectivity index (χ1n) is 9.84. The van der Waals surface area contributed by atoms with Crippen molar-refractivity contribution in [2.45, 2.75) is 56.1 Å². The Morgan fingerprint density at radius 2 is 2.03 bits per heavy atom. The predicted octanol–water partition coefficient (Wildman–Crippen LogP) is 3.63. The van der Waals surface area contributed by atoms with Crippen molar-refractivity contribution in [1.29, 1.82) is 0 Å². The van der Waals surface area contributed by atoms with Gasteiger partial charge in [-0.3, -0.25) is 0 Å². The van der Waals surface area contributed by atoms with Crippen molar-refractivity contribution in [3.63, 3.8) is 0 Å². The van der Waals surface area contributed by atoms with Crippen molar-refractivity contribution in [3.05, 3.63) is 48.0 Å². The van der Waals surface area contributed by atoms with E-state index in [0.29, 0.717) is 17.2 Å². The molecular weight excluding hydrogens is 424 g/mol. The molecule has 30 heavy (non-hydrogen) atoms. The van der Waals surface area contributed by atoms with E-state index in [4.69, 9.17) is 35.9 Å². The highest BCUT2D eigenvalue weighted by atomic mass is 32.2. The molecular formula is C22H26O6S2. The van der Waals surface area contributed by atoms with E-state index >= 15 is 0 Å². The molecule has 4 rings (SSSR count). The van der Waals surface area contributed by atoms with Crippen LogP contribution < -0.4 is 0 Å². The van der Waals surface area contributed by atoms with Crippen LogP contribution in [0.1, 0.15) is 25.8 Å². The van der Waals surface area contributed by atoms with Crippen LogP contribution in [0.4, 0.5) is 0 Å². The number of ether oxygens (including phenoxy) is 5. The summed E-state index contributed by atoms with van der Waals surface area (Å²) in [6.07, 6.45) is 1.18. The maximum atomic E-state index is 13.2. The van der Waals surface area contributed by atoms with Gasteiger partial charge < -0.3 is 23.7 Å². The van der Waals surface area contributed by atoms with Gasteiger partial charge in [0.2, 0.25) is 9.98 Å². The van der Waals surface area contributed by atoms with E-state index in [-0.39, 0.29) is 5.92 Å². The number of carbonyl (C=O) groups excluding carboxylic acids is 1. The van der Waals surface area contributed by atoms with Gasteiger partial charge in [0.15, 0.2) is 6.10 Å². The molecule has 6 atom stereocenters. The van der Waals surface area contributed by atoms with Gasteiger partial charge in [-0.05, 0) is 43.0 Å². The van der Waals surface area contributed by atoms with Crippen molar-refractivity contribution in [1.82, 2.24) is 0 Å². The van der Waals surface area contributed by atoms with Gasteiger partial charge in [0.05, 0.1) is 13.5 Å². The number of thioether (sulfide) groups is 1. The van der Waals surface area contributed by atoms with Crippen molar-refractivity contribution < 1.29 is 28.5 Å². The van der Waals surface area contributed by atoms with Gasteiger partial charge in [-0.1, -0.05) is 55.6 Å². The molecule has 162 valence electrons. The van der Waals surface area contributed by atoms with Crippen molar-refractivity contribution >= 4 is 34.3 Å². The highest BCUT2D eigenvalue weighted by Crippen LogP contribution is 2.61. The van der Waals surface area contributed by atoms with E-state index < -0.39 is 35.4 Å². The van der Waals surface area contributed by atoms with Crippen LogP contribution in [0.5, 0.6) is 0 Å². The molecule has 0 radical (unpaired) electrons. The molecule has 1 unspecified atom stereocenters. The summed E-state index contributed by atoms with van der Waals surface area (Å²) in [5.41, 5.74) is -0.522. The Bertz CT molecular complexity index is 876. The van der Waals surface area contributed by atoms with Crippen LogP contribution in [0.3, 0.4) is 0 Å². The number of esters is 1. The van der Waals surface area contributed by atoms with Crippen LogP contribution in [0.25, 0.3) is 0 Å². The lowest BCUT2D eigenvalue weighted by molar-refractivity contribution is -0.412. The number of fused-ring (bicyclic) bond motifs is 2. The molecule has 2 saturated heterocycles. The fourth-order valence-electron chi connectivity index (χ4n) is 4.97. The number of methoxy groups -OCH3 is 1. The number of hydrogen-bond acceptors (Lipinski definition) is 8. The molecule has 1 aromatic rings. The Labute approximate surface area is 186 Å². The van der Waals surface area contributed by atoms with Gasteiger partial charge in [0.1, 0.15) is 11.7 Å². The quantitative estimate of drug-likeness (QED) is 0.383. The molecule has 2 heterocycles. The van der Waals surface area contributed by atoms with Crippen LogP contribution in [-0.2, 0) is 34.9 Å². The number of rotatable bonds is 5. The summed E-state index contributed by atoms with van der Waals surface area (Å²) in [6.45, 7) is 8.03. The first-order valence-corrected chi connectivity index (χ1v) is 11.5. The molecule has 0 amide bonds. The summed E-state index contributed by atoms with van der Waals surface area (Å²) in [7, 11) is 1.35. The molecule has 3 fully saturated rings. The van der Waals surface area contributed by atoms with E-state index in [1.165, 1.54) is 18.9 Å². The van der Waals surface area contributed by atoms with Crippen LogP contribution >= 0.6 is 24.0 Å². The SMILES string of the molecule is C=C(C)[C@]12C[C@@H](C)[C@@]3(C(=O)OC)OC(Cc4ccccc4)(O[C@@H]1[C@@H]3OC(=S)SC)O2. The third kappa shape index (κ3) is 3.04. The van der Waals surface area contributed by atoms with Gasteiger partial charge in [0, 0.05) is 5.92 Å². The minimum absolute atomic E-state index is 0.283. The molecule has 8 heteroatoms. The van der Waals surface area contributed by atoms with Crippen molar-refractivity contribution in [3.8, 4) is 0 Å². The topological polar surface area (TPSA) is 63.2 Å². The minimum Gasteiger partial charge on any atom is -0.469 e. The molecule has 2 aliphatic heterocycles. The second-order valence-electron chi connectivity index (χ2n) is 8.14. The van der Waals surface area contributed by atoms with E-state index in [1.807, 2.05) is 50.4 Å². The summed E-state index contributed by atoms with van der Waals surface area (Å²) in [6, 6.07) is 9.74. The number of benzene rings is 1. The highest BCUT2D eigenvalue weighted by Gasteiger charge is 2.79. The summed E-state index contributed by atoms with van der Waals surface area (Å²) >= 11 is 6.61. The Kier molecular flexibility index (Phi) is 5.51. The van der Waals surface area contributed by atoms with Crippen LogP contribution in [0, 0.1) is 5.92 Å². The van der Waals surface area contributed by atoms with Gasteiger partial charge in [-0.2, -0.15) is 0 Å². The zero-order valence-electron chi connectivity index (χ0n) is 17.5.